The van der Waals surface area contributed by atoms with Crippen LogP contribution in [-0.2, 0) is 4.79 Å². The van der Waals surface area contributed by atoms with Crippen molar-refractivity contribution in [1.29, 1.82) is 0 Å². The molecule has 1 fully saturated rings. The van der Waals surface area contributed by atoms with E-state index in [9.17, 15) is 18.0 Å². The van der Waals surface area contributed by atoms with Crippen LogP contribution in [0.25, 0.3) is 0 Å². The fourth-order valence-corrected chi connectivity index (χ4v) is 2.09. The fraction of sp³-hybridized carbons (Fsp3) is 0.462. The van der Waals surface area contributed by atoms with E-state index in [0.29, 0.717) is 12.2 Å². The summed E-state index contributed by atoms with van der Waals surface area (Å²) in [4.78, 5) is 11.9. The van der Waals surface area contributed by atoms with Crippen molar-refractivity contribution in [1.82, 2.24) is 5.32 Å². The first kappa shape index (κ1) is 14.6. The Hall–Kier alpha value is -1.76. The molecular weight excluding hydrogens is 273 g/mol. The van der Waals surface area contributed by atoms with Crippen LogP contribution < -0.4 is 15.4 Å². The maximum atomic E-state index is 12.1. The third kappa shape index (κ3) is 4.41. The van der Waals surface area contributed by atoms with Gasteiger partial charge in [0.05, 0.1) is 5.92 Å². The molecule has 0 saturated carbocycles. The molecule has 0 bridgehead atoms. The molecular formula is C13H15F3N2O2. The van der Waals surface area contributed by atoms with E-state index in [1.54, 1.807) is 0 Å². The van der Waals surface area contributed by atoms with Crippen LogP contribution in [0.3, 0.4) is 0 Å². The van der Waals surface area contributed by atoms with Crippen LogP contribution in [0.2, 0.25) is 0 Å². The number of piperidine rings is 1. The van der Waals surface area contributed by atoms with Gasteiger partial charge in [-0.05, 0) is 31.5 Å². The van der Waals surface area contributed by atoms with Crippen molar-refractivity contribution in [3.8, 4) is 5.75 Å². The van der Waals surface area contributed by atoms with Crippen molar-refractivity contribution in [3.63, 3.8) is 0 Å². The van der Waals surface area contributed by atoms with Crippen LogP contribution in [0.1, 0.15) is 12.8 Å². The molecule has 1 aliphatic rings. The fourth-order valence-electron chi connectivity index (χ4n) is 2.09. The lowest BCUT2D eigenvalue weighted by atomic mass is 9.99. The quantitative estimate of drug-likeness (QED) is 0.898. The van der Waals surface area contributed by atoms with Crippen LogP contribution >= 0.6 is 0 Å². The molecule has 2 rings (SSSR count). The van der Waals surface area contributed by atoms with Crippen LogP contribution in [0, 0.1) is 5.92 Å². The summed E-state index contributed by atoms with van der Waals surface area (Å²) in [5.41, 5.74) is 0.294. The number of hydrogen-bond donors (Lipinski definition) is 2. The number of nitrogens with one attached hydrogen (secondary N) is 2. The number of benzene rings is 1. The molecule has 0 radical (unpaired) electrons. The van der Waals surface area contributed by atoms with Gasteiger partial charge in [-0.3, -0.25) is 4.79 Å². The van der Waals surface area contributed by atoms with Gasteiger partial charge in [0.1, 0.15) is 5.75 Å². The molecule has 1 aromatic carbocycles. The average Bonchev–Trinajstić information content (AvgIpc) is 2.38. The van der Waals surface area contributed by atoms with Crippen LogP contribution in [0.4, 0.5) is 18.9 Å². The van der Waals surface area contributed by atoms with E-state index >= 15 is 0 Å². The second-order valence-electron chi connectivity index (χ2n) is 4.61. The first-order valence-corrected chi connectivity index (χ1v) is 6.31. The lowest BCUT2D eigenvalue weighted by molar-refractivity contribution is -0.274. The number of alkyl halides is 3. The lowest BCUT2D eigenvalue weighted by Gasteiger charge is -2.22. The Kier molecular flexibility index (Phi) is 4.49. The smallest absolute Gasteiger partial charge is 0.406 e. The van der Waals surface area contributed by atoms with E-state index in [0.717, 1.165) is 25.5 Å². The van der Waals surface area contributed by atoms with Crippen LogP contribution in [0.5, 0.6) is 5.75 Å². The Morgan fingerprint density at radius 2 is 2.20 bits per heavy atom. The maximum absolute atomic E-state index is 12.1. The molecule has 0 spiro atoms. The standard InChI is InChI=1S/C13H15F3N2O2/c14-13(15,16)20-11-5-1-4-10(7-11)18-12(19)9-3-2-6-17-8-9/h1,4-5,7,9,17H,2-3,6,8H2,(H,18,19)/t9-/m0/s1. The minimum atomic E-state index is -4.74. The highest BCUT2D eigenvalue weighted by atomic mass is 19.4. The van der Waals surface area contributed by atoms with E-state index < -0.39 is 6.36 Å². The minimum absolute atomic E-state index is 0.157. The van der Waals surface area contributed by atoms with Crippen LogP contribution in [-0.4, -0.2) is 25.4 Å². The first-order chi connectivity index (χ1) is 9.44. The van der Waals surface area contributed by atoms with E-state index in [2.05, 4.69) is 15.4 Å². The highest BCUT2D eigenvalue weighted by molar-refractivity contribution is 5.92. The molecule has 1 heterocycles. The summed E-state index contributed by atoms with van der Waals surface area (Å²) in [6.45, 7) is 1.48. The van der Waals surface area contributed by atoms with E-state index in [1.165, 1.54) is 18.2 Å². The van der Waals surface area contributed by atoms with Crippen molar-refractivity contribution in [2.75, 3.05) is 18.4 Å². The molecule has 2 N–H and O–H groups in total. The normalized spacial score (nSPS) is 19.4. The third-order valence-electron chi connectivity index (χ3n) is 3.00. The zero-order valence-corrected chi connectivity index (χ0v) is 10.7. The molecule has 0 unspecified atom stereocenters. The van der Waals surface area contributed by atoms with Gasteiger partial charge in [-0.15, -0.1) is 13.2 Å². The van der Waals surface area contributed by atoms with Crippen molar-refractivity contribution in [3.05, 3.63) is 24.3 Å². The summed E-state index contributed by atoms with van der Waals surface area (Å²) >= 11 is 0. The van der Waals surface area contributed by atoms with Gasteiger partial charge in [-0.2, -0.15) is 0 Å². The summed E-state index contributed by atoms with van der Waals surface area (Å²) in [7, 11) is 0. The van der Waals surface area contributed by atoms with Gasteiger partial charge in [0.15, 0.2) is 0 Å². The molecule has 7 heteroatoms. The molecule has 1 saturated heterocycles. The van der Waals surface area contributed by atoms with Gasteiger partial charge in [0, 0.05) is 18.3 Å². The third-order valence-corrected chi connectivity index (χ3v) is 3.00. The van der Waals surface area contributed by atoms with Gasteiger partial charge < -0.3 is 15.4 Å². The SMILES string of the molecule is O=C(Nc1cccc(OC(F)(F)F)c1)[C@H]1CCCNC1. The molecule has 1 atom stereocenters. The molecule has 1 aliphatic heterocycles. The first-order valence-electron chi connectivity index (χ1n) is 6.31. The van der Waals surface area contributed by atoms with E-state index in [1.807, 2.05) is 0 Å². The number of halogens is 3. The summed E-state index contributed by atoms with van der Waals surface area (Å²) in [6, 6.07) is 5.26. The van der Waals surface area contributed by atoms with Crippen molar-refractivity contribution >= 4 is 11.6 Å². The van der Waals surface area contributed by atoms with Crippen LogP contribution in [0.15, 0.2) is 24.3 Å². The highest BCUT2D eigenvalue weighted by Gasteiger charge is 2.31. The summed E-state index contributed by atoms with van der Waals surface area (Å²) in [5, 5.41) is 5.72. The number of hydrogen-bond acceptors (Lipinski definition) is 3. The van der Waals surface area contributed by atoms with Crippen molar-refractivity contribution in [2.24, 2.45) is 5.92 Å². The average molecular weight is 288 g/mol. The van der Waals surface area contributed by atoms with Gasteiger partial charge in [-0.1, -0.05) is 6.07 Å². The molecule has 4 nitrogen and oxygen atoms in total. The Balaban J connectivity index is 1.98. The Labute approximate surface area is 114 Å². The second-order valence-corrected chi connectivity index (χ2v) is 4.61. The largest absolute Gasteiger partial charge is 0.573 e. The topological polar surface area (TPSA) is 50.4 Å². The van der Waals surface area contributed by atoms with Gasteiger partial charge in [0.25, 0.3) is 0 Å². The predicted octanol–water partition coefficient (Wildman–Crippen LogP) is 2.52. The second kappa shape index (κ2) is 6.13. The Bertz CT molecular complexity index is 471. The molecule has 1 amide bonds. The molecule has 1 aromatic rings. The van der Waals surface area contributed by atoms with E-state index in [4.69, 9.17) is 0 Å². The summed E-state index contributed by atoms with van der Waals surface area (Å²) in [6.07, 6.45) is -3.05. The van der Waals surface area contributed by atoms with Gasteiger partial charge in [-0.25, -0.2) is 0 Å². The monoisotopic (exact) mass is 288 g/mol. The summed E-state index contributed by atoms with van der Waals surface area (Å²) in [5.74, 6) is -0.700. The summed E-state index contributed by atoms with van der Waals surface area (Å²) < 4.78 is 40.1. The highest BCUT2D eigenvalue weighted by Crippen LogP contribution is 2.25. The van der Waals surface area contributed by atoms with Crippen molar-refractivity contribution < 1.29 is 22.7 Å². The van der Waals surface area contributed by atoms with Gasteiger partial charge >= 0.3 is 6.36 Å². The zero-order valence-electron chi connectivity index (χ0n) is 10.7. The van der Waals surface area contributed by atoms with E-state index in [-0.39, 0.29) is 17.6 Å². The minimum Gasteiger partial charge on any atom is -0.406 e. The number of anilines is 1. The molecule has 20 heavy (non-hydrogen) atoms. The van der Waals surface area contributed by atoms with Gasteiger partial charge in [0.2, 0.25) is 5.91 Å². The molecule has 110 valence electrons. The van der Waals surface area contributed by atoms with Crippen molar-refractivity contribution in [2.45, 2.75) is 19.2 Å². The zero-order chi connectivity index (χ0) is 14.6. The number of amides is 1. The lowest BCUT2D eigenvalue weighted by Crippen LogP contribution is -2.37. The predicted molar refractivity (Wildman–Crippen MR) is 67.3 cm³/mol. The number of rotatable bonds is 3. The number of carbonyl (C=O) groups excluding carboxylic acids is 1. The number of ether oxygens (including phenoxy) is 1. The number of carbonyl (C=O) groups is 1. The Morgan fingerprint density at radius 3 is 2.85 bits per heavy atom. The Morgan fingerprint density at radius 1 is 1.40 bits per heavy atom. The maximum Gasteiger partial charge on any atom is 0.573 e. The molecule has 0 aliphatic carbocycles. The molecule has 0 aromatic heterocycles.